The van der Waals surface area contributed by atoms with Crippen LogP contribution in [0.2, 0.25) is 0 Å². The average molecular weight is 320 g/mol. The monoisotopic (exact) mass is 320 g/mol. The van der Waals surface area contributed by atoms with Gasteiger partial charge in [0.25, 0.3) is 5.91 Å². The molecule has 0 aliphatic rings. The first-order chi connectivity index (χ1) is 11.5. The summed E-state index contributed by atoms with van der Waals surface area (Å²) in [6.07, 6.45) is 0. The Hall–Kier alpha value is -2.88. The van der Waals surface area contributed by atoms with E-state index >= 15 is 0 Å². The van der Waals surface area contributed by atoms with Crippen LogP contribution < -0.4 is 10.1 Å². The van der Waals surface area contributed by atoms with E-state index < -0.39 is 0 Å². The van der Waals surface area contributed by atoms with Crippen LogP contribution in [0.25, 0.3) is 10.9 Å². The van der Waals surface area contributed by atoms with Crippen molar-refractivity contribution in [2.24, 2.45) is 0 Å². The Balaban J connectivity index is 1.96. The highest BCUT2D eigenvalue weighted by atomic mass is 16.5. The summed E-state index contributed by atoms with van der Waals surface area (Å²) < 4.78 is 5.22. The maximum absolute atomic E-state index is 12.7. The van der Waals surface area contributed by atoms with Gasteiger partial charge in [0, 0.05) is 17.1 Å². The van der Waals surface area contributed by atoms with Crippen LogP contribution in [0.1, 0.15) is 27.2 Å². The fourth-order valence-corrected chi connectivity index (χ4v) is 2.74. The van der Waals surface area contributed by atoms with Crippen molar-refractivity contribution in [2.75, 3.05) is 12.4 Å². The third-order valence-electron chi connectivity index (χ3n) is 4.09. The van der Waals surface area contributed by atoms with Crippen molar-refractivity contribution >= 4 is 22.5 Å². The molecular weight excluding hydrogens is 300 g/mol. The largest absolute Gasteiger partial charge is 0.497 e. The van der Waals surface area contributed by atoms with Crippen LogP contribution in [0.3, 0.4) is 0 Å². The van der Waals surface area contributed by atoms with Gasteiger partial charge in [-0.2, -0.15) is 0 Å². The normalized spacial score (nSPS) is 10.7. The van der Waals surface area contributed by atoms with Gasteiger partial charge < -0.3 is 10.1 Å². The number of anilines is 1. The molecule has 0 bridgehead atoms. The van der Waals surface area contributed by atoms with E-state index in [0.29, 0.717) is 11.3 Å². The Morgan fingerprint density at radius 3 is 2.54 bits per heavy atom. The fraction of sp³-hybridized carbons (Fsp3) is 0.200. The van der Waals surface area contributed by atoms with Gasteiger partial charge >= 0.3 is 0 Å². The number of rotatable bonds is 3. The number of carbonyl (C=O) groups is 1. The number of aryl methyl sites for hydroxylation is 3. The van der Waals surface area contributed by atoms with Crippen molar-refractivity contribution in [3.8, 4) is 5.75 Å². The predicted molar refractivity (Wildman–Crippen MR) is 96.9 cm³/mol. The van der Waals surface area contributed by atoms with Gasteiger partial charge in [-0.3, -0.25) is 9.78 Å². The number of aromatic nitrogens is 1. The number of hydrogen-bond acceptors (Lipinski definition) is 3. The first kappa shape index (κ1) is 16.0. The molecule has 0 radical (unpaired) electrons. The van der Waals surface area contributed by atoms with E-state index in [1.807, 2.05) is 63.2 Å². The molecule has 1 N–H and O–H groups in total. The third-order valence-corrected chi connectivity index (χ3v) is 4.09. The molecule has 4 nitrogen and oxygen atoms in total. The van der Waals surface area contributed by atoms with Crippen molar-refractivity contribution in [1.82, 2.24) is 4.98 Å². The number of ether oxygens (including phenoxy) is 1. The van der Waals surface area contributed by atoms with Gasteiger partial charge in [-0.15, -0.1) is 0 Å². The molecule has 24 heavy (non-hydrogen) atoms. The van der Waals surface area contributed by atoms with Gasteiger partial charge in [-0.05, 0) is 50.6 Å². The van der Waals surface area contributed by atoms with Crippen LogP contribution in [0.15, 0.2) is 42.5 Å². The zero-order valence-corrected chi connectivity index (χ0v) is 14.3. The van der Waals surface area contributed by atoms with E-state index in [4.69, 9.17) is 4.74 Å². The fourth-order valence-electron chi connectivity index (χ4n) is 2.74. The number of carbonyl (C=O) groups excluding carboxylic acids is 1. The molecule has 0 saturated carbocycles. The van der Waals surface area contributed by atoms with Crippen molar-refractivity contribution in [3.63, 3.8) is 0 Å². The van der Waals surface area contributed by atoms with Crippen molar-refractivity contribution in [2.45, 2.75) is 20.8 Å². The zero-order valence-electron chi connectivity index (χ0n) is 14.3. The molecule has 3 rings (SSSR count). The lowest BCUT2D eigenvalue weighted by molar-refractivity contribution is 0.102. The highest BCUT2D eigenvalue weighted by Gasteiger charge is 2.13. The Kier molecular flexibility index (Phi) is 4.21. The molecule has 2 aromatic carbocycles. The second-order valence-electron chi connectivity index (χ2n) is 5.95. The number of nitrogens with one attached hydrogen (secondary N) is 1. The number of fused-ring (bicyclic) bond motifs is 1. The second kappa shape index (κ2) is 6.32. The quantitative estimate of drug-likeness (QED) is 0.777. The minimum absolute atomic E-state index is 0.148. The molecule has 4 heteroatoms. The summed E-state index contributed by atoms with van der Waals surface area (Å²) in [7, 11) is 1.62. The van der Waals surface area contributed by atoms with Crippen LogP contribution >= 0.6 is 0 Å². The van der Waals surface area contributed by atoms with Gasteiger partial charge in [-0.1, -0.05) is 17.7 Å². The maximum atomic E-state index is 12.7. The minimum Gasteiger partial charge on any atom is -0.497 e. The zero-order chi connectivity index (χ0) is 17.3. The molecule has 1 amide bonds. The van der Waals surface area contributed by atoms with E-state index in [0.717, 1.165) is 27.9 Å². The molecule has 0 fully saturated rings. The Morgan fingerprint density at radius 2 is 1.83 bits per heavy atom. The van der Waals surface area contributed by atoms with Crippen LogP contribution in [0, 0.1) is 20.8 Å². The van der Waals surface area contributed by atoms with Gasteiger partial charge in [0.05, 0.1) is 23.9 Å². The molecule has 3 aromatic rings. The summed E-state index contributed by atoms with van der Waals surface area (Å²) in [6, 6.07) is 13.5. The Bertz CT molecular complexity index is 932. The van der Waals surface area contributed by atoms with Crippen LogP contribution in [0.5, 0.6) is 5.75 Å². The highest BCUT2D eigenvalue weighted by molar-refractivity contribution is 6.07. The van der Waals surface area contributed by atoms with Crippen molar-refractivity contribution < 1.29 is 9.53 Å². The third kappa shape index (κ3) is 3.08. The molecule has 0 aliphatic heterocycles. The highest BCUT2D eigenvalue weighted by Crippen LogP contribution is 2.23. The SMILES string of the molecule is COc1ccc2cc(C(=O)Nc3ccc(C)cc3C)c(C)nc2c1. The lowest BCUT2D eigenvalue weighted by atomic mass is 10.1. The molecular formula is C20H20N2O2. The molecule has 0 spiro atoms. The molecule has 122 valence electrons. The Labute approximate surface area is 141 Å². The van der Waals surface area contributed by atoms with Crippen molar-refractivity contribution in [1.29, 1.82) is 0 Å². The van der Waals surface area contributed by atoms with Gasteiger partial charge in [0.1, 0.15) is 5.75 Å². The van der Waals surface area contributed by atoms with Crippen LogP contribution in [0.4, 0.5) is 5.69 Å². The number of pyridine rings is 1. The molecule has 0 unspecified atom stereocenters. The lowest BCUT2D eigenvalue weighted by Gasteiger charge is -2.11. The van der Waals surface area contributed by atoms with Gasteiger partial charge in [0.15, 0.2) is 0 Å². The summed E-state index contributed by atoms with van der Waals surface area (Å²) in [5, 5.41) is 3.89. The summed E-state index contributed by atoms with van der Waals surface area (Å²) in [5.41, 5.74) is 5.11. The predicted octanol–water partition coefficient (Wildman–Crippen LogP) is 4.42. The molecule has 0 aliphatic carbocycles. The molecule has 0 atom stereocenters. The number of amides is 1. The summed E-state index contributed by atoms with van der Waals surface area (Å²) >= 11 is 0. The van der Waals surface area contributed by atoms with E-state index in [1.165, 1.54) is 5.56 Å². The van der Waals surface area contributed by atoms with E-state index in [2.05, 4.69) is 10.3 Å². The van der Waals surface area contributed by atoms with Crippen LogP contribution in [-0.4, -0.2) is 18.0 Å². The van der Waals surface area contributed by atoms with E-state index in [-0.39, 0.29) is 5.91 Å². The topological polar surface area (TPSA) is 51.2 Å². The molecule has 1 aromatic heterocycles. The Morgan fingerprint density at radius 1 is 1.04 bits per heavy atom. The maximum Gasteiger partial charge on any atom is 0.257 e. The van der Waals surface area contributed by atoms with Crippen LogP contribution in [-0.2, 0) is 0 Å². The standard InChI is InChI=1S/C20H20N2O2/c1-12-5-8-18(13(2)9-12)22-20(23)17-10-15-6-7-16(24-4)11-19(15)21-14(17)3/h5-11H,1-4H3,(H,22,23). The smallest absolute Gasteiger partial charge is 0.257 e. The average Bonchev–Trinajstić information content (AvgIpc) is 2.56. The van der Waals surface area contributed by atoms with E-state index in [9.17, 15) is 4.79 Å². The first-order valence-electron chi connectivity index (χ1n) is 7.82. The number of hydrogen-bond donors (Lipinski definition) is 1. The summed E-state index contributed by atoms with van der Waals surface area (Å²) in [6.45, 7) is 5.86. The number of nitrogens with zero attached hydrogens (tertiary/aromatic N) is 1. The lowest BCUT2D eigenvalue weighted by Crippen LogP contribution is -2.15. The van der Waals surface area contributed by atoms with Gasteiger partial charge in [0.2, 0.25) is 0 Å². The summed E-state index contributed by atoms with van der Waals surface area (Å²) in [4.78, 5) is 17.2. The van der Waals surface area contributed by atoms with Gasteiger partial charge in [-0.25, -0.2) is 0 Å². The summed E-state index contributed by atoms with van der Waals surface area (Å²) in [5.74, 6) is 0.603. The number of methoxy groups -OCH3 is 1. The first-order valence-corrected chi connectivity index (χ1v) is 7.82. The van der Waals surface area contributed by atoms with Crippen molar-refractivity contribution in [3.05, 3.63) is 64.8 Å². The second-order valence-corrected chi connectivity index (χ2v) is 5.95. The molecule has 1 heterocycles. The van der Waals surface area contributed by atoms with E-state index in [1.54, 1.807) is 7.11 Å². The number of benzene rings is 2. The minimum atomic E-state index is -0.148. The molecule has 0 saturated heterocycles.